The first kappa shape index (κ1) is 11.7. The molecule has 1 aliphatic heterocycles. The van der Waals surface area contributed by atoms with Gasteiger partial charge < -0.3 is 9.31 Å². The van der Waals surface area contributed by atoms with Crippen molar-refractivity contribution in [1.29, 1.82) is 0 Å². The molecule has 0 spiro atoms. The Morgan fingerprint density at radius 2 is 1.81 bits per heavy atom. The summed E-state index contributed by atoms with van der Waals surface area (Å²) in [6.45, 7) is 11.1. The van der Waals surface area contributed by atoms with Crippen LogP contribution in [0.2, 0.25) is 0 Å². The van der Waals surface area contributed by atoms with Gasteiger partial charge in [0.05, 0.1) is 16.8 Å². The Hall–Kier alpha value is -0.805. The van der Waals surface area contributed by atoms with Gasteiger partial charge in [0.25, 0.3) is 0 Å². The average Bonchev–Trinajstić information content (AvgIpc) is 2.69. The standard InChI is InChI=1S/C11H19BN2O2/c1-6-14-9(7-8-13-14)12-15-10(2,3)11(4,5)16-12/h7-8H,6H2,1-5H3. The molecule has 1 fully saturated rings. The van der Waals surface area contributed by atoms with E-state index in [2.05, 4.69) is 39.7 Å². The lowest BCUT2D eigenvalue weighted by Crippen LogP contribution is -2.41. The summed E-state index contributed by atoms with van der Waals surface area (Å²) in [6, 6.07) is 1.95. The zero-order valence-electron chi connectivity index (χ0n) is 10.7. The van der Waals surface area contributed by atoms with Gasteiger partial charge in [0.1, 0.15) is 0 Å². The van der Waals surface area contributed by atoms with Gasteiger partial charge in [-0.1, -0.05) is 0 Å². The smallest absolute Gasteiger partial charge is 0.398 e. The third kappa shape index (κ3) is 1.68. The van der Waals surface area contributed by atoms with E-state index in [-0.39, 0.29) is 18.3 Å². The predicted molar refractivity (Wildman–Crippen MR) is 63.6 cm³/mol. The molecule has 2 heterocycles. The van der Waals surface area contributed by atoms with Gasteiger partial charge in [-0.2, -0.15) is 5.10 Å². The second-order valence-electron chi connectivity index (χ2n) is 5.16. The maximum absolute atomic E-state index is 5.97. The minimum absolute atomic E-state index is 0.291. The lowest BCUT2D eigenvalue weighted by atomic mass is 9.85. The van der Waals surface area contributed by atoms with E-state index in [1.165, 1.54) is 0 Å². The summed E-state index contributed by atoms with van der Waals surface area (Å²) in [4.78, 5) is 0. The molecule has 0 aromatic carbocycles. The summed E-state index contributed by atoms with van der Waals surface area (Å²) in [5, 5.41) is 4.23. The lowest BCUT2D eigenvalue weighted by molar-refractivity contribution is 0.00578. The van der Waals surface area contributed by atoms with E-state index in [1.54, 1.807) is 6.20 Å². The quantitative estimate of drug-likeness (QED) is 0.705. The summed E-state index contributed by atoms with van der Waals surface area (Å²) in [5.41, 5.74) is 0.405. The van der Waals surface area contributed by atoms with Crippen LogP contribution < -0.4 is 5.59 Å². The van der Waals surface area contributed by atoms with Crippen LogP contribution in [0.3, 0.4) is 0 Å². The second-order valence-corrected chi connectivity index (χ2v) is 5.16. The van der Waals surface area contributed by atoms with E-state index in [1.807, 2.05) is 10.7 Å². The molecule has 0 unspecified atom stereocenters. The molecule has 0 bridgehead atoms. The molecule has 0 amide bonds. The molecule has 1 aliphatic rings. The van der Waals surface area contributed by atoms with E-state index in [9.17, 15) is 0 Å². The van der Waals surface area contributed by atoms with E-state index >= 15 is 0 Å². The van der Waals surface area contributed by atoms with Crippen molar-refractivity contribution in [2.75, 3.05) is 0 Å². The summed E-state index contributed by atoms with van der Waals surface area (Å²) in [7, 11) is -0.313. The molecule has 0 aliphatic carbocycles. The van der Waals surface area contributed by atoms with Gasteiger partial charge in [-0.3, -0.25) is 4.68 Å². The van der Waals surface area contributed by atoms with Crippen LogP contribution in [0.15, 0.2) is 12.3 Å². The van der Waals surface area contributed by atoms with Crippen LogP contribution in [0.5, 0.6) is 0 Å². The third-order valence-corrected chi connectivity index (χ3v) is 3.54. The number of aryl methyl sites for hydroxylation is 1. The molecule has 0 saturated carbocycles. The Morgan fingerprint density at radius 3 is 2.31 bits per heavy atom. The van der Waals surface area contributed by atoms with Crippen LogP contribution in [0.4, 0.5) is 0 Å². The fourth-order valence-electron chi connectivity index (χ4n) is 1.77. The highest BCUT2D eigenvalue weighted by Gasteiger charge is 2.52. The number of hydrogen-bond donors (Lipinski definition) is 0. The number of rotatable bonds is 2. The number of nitrogens with zero attached hydrogens (tertiary/aromatic N) is 2. The Balaban J connectivity index is 2.27. The van der Waals surface area contributed by atoms with Gasteiger partial charge in [-0.05, 0) is 40.7 Å². The second kappa shape index (κ2) is 3.60. The highest BCUT2D eigenvalue weighted by atomic mass is 16.7. The lowest BCUT2D eigenvalue weighted by Gasteiger charge is -2.32. The van der Waals surface area contributed by atoms with Crippen molar-refractivity contribution in [3.05, 3.63) is 12.3 Å². The van der Waals surface area contributed by atoms with E-state index in [0.717, 1.165) is 12.1 Å². The fourth-order valence-corrected chi connectivity index (χ4v) is 1.77. The van der Waals surface area contributed by atoms with E-state index in [4.69, 9.17) is 9.31 Å². The highest BCUT2D eigenvalue weighted by Crippen LogP contribution is 2.36. The molecule has 2 rings (SSSR count). The molecular formula is C11H19BN2O2. The molecule has 0 radical (unpaired) electrons. The van der Waals surface area contributed by atoms with Gasteiger partial charge in [-0.15, -0.1) is 0 Å². The molecule has 0 N–H and O–H groups in total. The molecule has 16 heavy (non-hydrogen) atoms. The van der Waals surface area contributed by atoms with Crippen LogP contribution in [-0.4, -0.2) is 28.1 Å². The highest BCUT2D eigenvalue weighted by molar-refractivity contribution is 6.61. The molecular weight excluding hydrogens is 203 g/mol. The minimum atomic E-state index is -0.313. The Labute approximate surface area is 97.1 Å². The van der Waals surface area contributed by atoms with Crippen LogP contribution >= 0.6 is 0 Å². The van der Waals surface area contributed by atoms with Crippen LogP contribution in [0.25, 0.3) is 0 Å². The van der Waals surface area contributed by atoms with Crippen molar-refractivity contribution in [1.82, 2.24) is 9.78 Å². The van der Waals surface area contributed by atoms with Crippen LogP contribution in [-0.2, 0) is 15.9 Å². The Kier molecular flexibility index (Phi) is 2.63. The topological polar surface area (TPSA) is 36.3 Å². The monoisotopic (exact) mass is 222 g/mol. The van der Waals surface area contributed by atoms with Crippen LogP contribution in [0.1, 0.15) is 34.6 Å². The van der Waals surface area contributed by atoms with Gasteiger partial charge >= 0.3 is 7.12 Å². The van der Waals surface area contributed by atoms with Crippen molar-refractivity contribution < 1.29 is 9.31 Å². The summed E-state index contributed by atoms with van der Waals surface area (Å²) in [5.74, 6) is 0. The SMILES string of the molecule is CCn1nccc1B1OC(C)(C)C(C)(C)O1. The number of aromatic nitrogens is 2. The first-order chi connectivity index (χ1) is 7.37. The number of hydrogen-bond acceptors (Lipinski definition) is 3. The van der Waals surface area contributed by atoms with Crippen molar-refractivity contribution in [3.63, 3.8) is 0 Å². The van der Waals surface area contributed by atoms with Crippen molar-refractivity contribution in [2.24, 2.45) is 0 Å². The van der Waals surface area contributed by atoms with E-state index in [0.29, 0.717) is 0 Å². The average molecular weight is 222 g/mol. The first-order valence-electron chi connectivity index (χ1n) is 5.75. The van der Waals surface area contributed by atoms with Crippen LogP contribution in [0, 0.1) is 0 Å². The first-order valence-corrected chi connectivity index (χ1v) is 5.75. The summed E-state index contributed by atoms with van der Waals surface area (Å²) >= 11 is 0. The molecule has 1 aromatic rings. The maximum atomic E-state index is 5.97. The predicted octanol–water partition coefficient (Wildman–Crippen LogP) is 1.20. The molecule has 4 nitrogen and oxygen atoms in total. The van der Waals surface area contributed by atoms with Gasteiger partial charge in [0, 0.05) is 12.7 Å². The van der Waals surface area contributed by atoms with E-state index < -0.39 is 0 Å². The molecule has 1 saturated heterocycles. The fraction of sp³-hybridized carbons (Fsp3) is 0.727. The zero-order valence-corrected chi connectivity index (χ0v) is 10.7. The normalized spacial score (nSPS) is 22.7. The molecule has 5 heteroatoms. The van der Waals surface area contributed by atoms with Gasteiger partial charge in [-0.25, -0.2) is 0 Å². The summed E-state index contributed by atoms with van der Waals surface area (Å²) in [6.07, 6.45) is 1.78. The van der Waals surface area contributed by atoms with Gasteiger partial charge in [0.2, 0.25) is 0 Å². The van der Waals surface area contributed by atoms with Crippen molar-refractivity contribution in [2.45, 2.75) is 52.4 Å². The molecule has 0 atom stereocenters. The Morgan fingerprint density at radius 1 is 1.25 bits per heavy atom. The minimum Gasteiger partial charge on any atom is -0.398 e. The van der Waals surface area contributed by atoms with Crippen molar-refractivity contribution >= 4 is 12.7 Å². The van der Waals surface area contributed by atoms with Gasteiger partial charge in [0.15, 0.2) is 0 Å². The Bertz CT molecular complexity index is 371. The molecule has 88 valence electrons. The largest absolute Gasteiger partial charge is 0.514 e. The molecule has 1 aromatic heterocycles. The summed E-state index contributed by atoms with van der Waals surface area (Å²) < 4.78 is 13.8. The zero-order chi connectivity index (χ0) is 12.0. The third-order valence-electron chi connectivity index (χ3n) is 3.54. The van der Waals surface area contributed by atoms with Crippen molar-refractivity contribution in [3.8, 4) is 0 Å². The maximum Gasteiger partial charge on any atom is 0.514 e.